The monoisotopic (exact) mass is 243 g/mol. The Morgan fingerprint density at radius 3 is 2.67 bits per heavy atom. The van der Waals surface area contributed by atoms with Gasteiger partial charge in [0.1, 0.15) is 0 Å². The summed E-state index contributed by atoms with van der Waals surface area (Å²) in [6.07, 6.45) is 2.32. The van der Waals surface area contributed by atoms with E-state index in [0.29, 0.717) is 17.5 Å². The highest BCUT2D eigenvalue weighted by Crippen LogP contribution is 2.56. The molecule has 2 unspecified atom stereocenters. The predicted octanol–water partition coefficient (Wildman–Crippen LogP) is 3.62. The lowest BCUT2D eigenvalue weighted by molar-refractivity contribution is 0.600. The van der Waals surface area contributed by atoms with E-state index < -0.39 is 0 Å². The Labute approximate surface area is 101 Å². The molecule has 0 saturated heterocycles. The normalized spacial score (nSPS) is 29.2. The predicted molar refractivity (Wildman–Crippen MR) is 65.6 cm³/mol. The lowest BCUT2D eigenvalue weighted by Crippen LogP contribution is -2.22. The van der Waals surface area contributed by atoms with Crippen LogP contribution in [-0.4, -0.2) is 6.54 Å². The number of halogens is 2. The van der Waals surface area contributed by atoms with E-state index in [1.807, 2.05) is 12.1 Å². The molecule has 3 heteroatoms. The minimum absolute atomic E-state index is 0.121. The quantitative estimate of drug-likeness (QED) is 0.863. The summed E-state index contributed by atoms with van der Waals surface area (Å²) >= 11 is 12.1. The van der Waals surface area contributed by atoms with Gasteiger partial charge in [0.05, 0.1) is 0 Å². The first-order valence-electron chi connectivity index (χ1n) is 5.29. The molecule has 1 fully saturated rings. The Morgan fingerprint density at radius 2 is 2.20 bits per heavy atom. The van der Waals surface area contributed by atoms with Crippen LogP contribution in [0.15, 0.2) is 18.2 Å². The Balaban J connectivity index is 2.37. The summed E-state index contributed by atoms with van der Waals surface area (Å²) in [6, 6.07) is 5.72. The van der Waals surface area contributed by atoms with Crippen molar-refractivity contribution >= 4 is 23.2 Å². The van der Waals surface area contributed by atoms with Crippen molar-refractivity contribution in [1.82, 2.24) is 0 Å². The van der Waals surface area contributed by atoms with Gasteiger partial charge in [-0.05, 0) is 30.0 Å². The molecule has 0 aliphatic heterocycles. The van der Waals surface area contributed by atoms with E-state index in [0.717, 1.165) is 17.9 Å². The van der Waals surface area contributed by atoms with Crippen LogP contribution < -0.4 is 5.73 Å². The maximum absolute atomic E-state index is 6.22. The molecule has 2 N–H and O–H groups in total. The number of rotatable bonds is 3. The van der Waals surface area contributed by atoms with Gasteiger partial charge in [0.25, 0.3) is 0 Å². The summed E-state index contributed by atoms with van der Waals surface area (Å²) in [5.41, 5.74) is 7.17. The van der Waals surface area contributed by atoms with Crippen molar-refractivity contribution in [1.29, 1.82) is 0 Å². The van der Waals surface area contributed by atoms with Crippen molar-refractivity contribution < 1.29 is 0 Å². The van der Waals surface area contributed by atoms with Gasteiger partial charge in [-0.3, -0.25) is 0 Å². The molecule has 1 aliphatic rings. The SMILES string of the molecule is CCC1CC1(CN)c1ccc(Cl)cc1Cl. The van der Waals surface area contributed by atoms with Gasteiger partial charge < -0.3 is 5.73 Å². The van der Waals surface area contributed by atoms with Crippen molar-refractivity contribution in [2.24, 2.45) is 11.7 Å². The van der Waals surface area contributed by atoms with Crippen LogP contribution in [0, 0.1) is 5.92 Å². The molecule has 0 aromatic heterocycles. The van der Waals surface area contributed by atoms with Crippen molar-refractivity contribution in [3.8, 4) is 0 Å². The van der Waals surface area contributed by atoms with Gasteiger partial charge in [0, 0.05) is 22.0 Å². The van der Waals surface area contributed by atoms with Crippen LogP contribution in [0.1, 0.15) is 25.3 Å². The summed E-state index contributed by atoms with van der Waals surface area (Å²) in [4.78, 5) is 0. The Kier molecular flexibility index (Phi) is 2.98. The van der Waals surface area contributed by atoms with Crippen LogP contribution in [-0.2, 0) is 5.41 Å². The lowest BCUT2D eigenvalue weighted by atomic mass is 9.92. The second kappa shape index (κ2) is 3.97. The molecular weight excluding hydrogens is 229 g/mol. The average molecular weight is 244 g/mol. The molecule has 2 rings (SSSR count). The molecule has 1 saturated carbocycles. The Bertz CT molecular complexity index is 378. The molecule has 15 heavy (non-hydrogen) atoms. The van der Waals surface area contributed by atoms with Crippen LogP contribution in [0.4, 0.5) is 0 Å². The Hall–Kier alpha value is -0.240. The van der Waals surface area contributed by atoms with Gasteiger partial charge in [0.15, 0.2) is 0 Å². The highest BCUT2D eigenvalue weighted by Gasteiger charge is 2.53. The standard InChI is InChI=1S/C12H15Cl2N/c1-2-8-6-12(8,7-15)10-4-3-9(13)5-11(10)14/h3-5,8H,2,6-7,15H2,1H3. The molecule has 1 aliphatic carbocycles. The number of nitrogens with two attached hydrogens (primary N) is 1. The zero-order valence-corrected chi connectivity index (χ0v) is 10.3. The largest absolute Gasteiger partial charge is 0.330 e. The highest BCUT2D eigenvalue weighted by molar-refractivity contribution is 6.35. The zero-order chi connectivity index (χ0) is 11.1. The minimum atomic E-state index is 0.121. The zero-order valence-electron chi connectivity index (χ0n) is 8.76. The molecule has 0 amide bonds. The highest BCUT2D eigenvalue weighted by atomic mass is 35.5. The molecular formula is C12H15Cl2N. The number of hydrogen-bond acceptors (Lipinski definition) is 1. The lowest BCUT2D eigenvalue weighted by Gasteiger charge is -2.17. The maximum atomic E-state index is 6.22. The third kappa shape index (κ3) is 1.77. The summed E-state index contributed by atoms with van der Waals surface area (Å²) in [7, 11) is 0. The van der Waals surface area contributed by atoms with Crippen LogP contribution in [0.5, 0.6) is 0 Å². The fraction of sp³-hybridized carbons (Fsp3) is 0.500. The first kappa shape index (κ1) is 11.3. The van der Waals surface area contributed by atoms with Crippen LogP contribution in [0.3, 0.4) is 0 Å². The second-order valence-electron chi connectivity index (χ2n) is 4.29. The number of hydrogen-bond donors (Lipinski definition) is 1. The smallest absolute Gasteiger partial charge is 0.0459 e. The van der Waals surface area contributed by atoms with Crippen molar-refractivity contribution in [2.75, 3.05) is 6.54 Å². The summed E-state index contributed by atoms with van der Waals surface area (Å²) in [5, 5.41) is 1.44. The summed E-state index contributed by atoms with van der Waals surface area (Å²) in [6.45, 7) is 2.87. The first-order chi connectivity index (χ1) is 7.14. The summed E-state index contributed by atoms with van der Waals surface area (Å²) < 4.78 is 0. The molecule has 1 nitrogen and oxygen atoms in total. The molecule has 0 bridgehead atoms. The Morgan fingerprint density at radius 1 is 1.47 bits per heavy atom. The molecule has 1 aromatic carbocycles. The van der Waals surface area contributed by atoms with Crippen molar-refractivity contribution in [3.05, 3.63) is 33.8 Å². The fourth-order valence-corrected chi connectivity index (χ4v) is 3.10. The summed E-state index contributed by atoms with van der Waals surface area (Å²) in [5.74, 6) is 0.682. The third-order valence-corrected chi connectivity index (χ3v) is 4.10. The average Bonchev–Trinajstić information content (AvgIpc) is 2.93. The van der Waals surface area contributed by atoms with Crippen LogP contribution in [0.2, 0.25) is 10.0 Å². The van der Waals surface area contributed by atoms with E-state index in [1.165, 1.54) is 5.56 Å². The molecule has 0 heterocycles. The van der Waals surface area contributed by atoms with Gasteiger partial charge >= 0.3 is 0 Å². The molecule has 0 radical (unpaired) electrons. The van der Waals surface area contributed by atoms with E-state index in [-0.39, 0.29) is 5.41 Å². The fourth-order valence-electron chi connectivity index (χ4n) is 2.50. The molecule has 1 aromatic rings. The van der Waals surface area contributed by atoms with E-state index in [9.17, 15) is 0 Å². The topological polar surface area (TPSA) is 26.0 Å². The van der Waals surface area contributed by atoms with Crippen LogP contribution in [0.25, 0.3) is 0 Å². The van der Waals surface area contributed by atoms with Gasteiger partial charge in [-0.15, -0.1) is 0 Å². The molecule has 2 atom stereocenters. The van der Waals surface area contributed by atoms with E-state index in [2.05, 4.69) is 6.92 Å². The second-order valence-corrected chi connectivity index (χ2v) is 5.14. The van der Waals surface area contributed by atoms with E-state index >= 15 is 0 Å². The van der Waals surface area contributed by atoms with Gasteiger partial charge in [-0.1, -0.05) is 42.6 Å². The minimum Gasteiger partial charge on any atom is -0.330 e. The van der Waals surface area contributed by atoms with Gasteiger partial charge in [0.2, 0.25) is 0 Å². The van der Waals surface area contributed by atoms with Crippen LogP contribution >= 0.6 is 23.2 Å². The van der Waals surface area contributed by atoms with Gasteiger partial charge in [-0.25, -0.2) is 0 Å². The molecule has 82 valence electrons. The van der Waals surface area contributed by atoms with Crippen molar-refractivity contribution in [2.45, 2.75) is 25.2 Å². The van der Waals surface area contributed by atoms with E-state index in [1.54, 1.807) is 6.07 Å². The maximum Gasteiger partial charge on any atom is 0.0459 e. The molecule has 0 spiro atoms. The number of benzene rings is 1. The third-order valence-electron chi connectivity index (χ3n) is 3.56. The van der Waals surface area contributed by atoms with Gasteiger partial charge in [-0.2, -0.15) is 0 Å². The van der Waals surface area contributed by atoms with E-state index in [4.69, 9.17) is 28.9 Å². The van der Waals surface area contributed by atoms with Crippen molar-refractivity contribution in [3.63, 3.8) is 0 Å². The first-order valence-corrected chi connectivity index (χ1v) is 6.05.